The van der Waals surface area contributed by atoms with E-state index in [-0.39, 0.29) is 5.69 Å². The molecule has 5 nitrogen and oxygen atoms in total. The van der Waals surface area contributed by atoms with E-state index in [0.29, 0.717) is 0 Å². The third kappa shape index (κ3) is 3.40. The van der Waals surface area contributed by atoms with E-state index in [1.54, 1.807) is 12.1 Å². The van der Waals surface area contributed by atoms with Gasteiger partial charge in [0.05, 0.1) is 10.4 Å². The molecule has 1 heterocycles. The van der Waals surface area contributed by atoms with Crippen LogP contribution in [-0.2, 0) is 0 Å². The highest BCUT2D eigenvalue weighted by atomic mass is 16.6. The highest BCUT2D eigenvalue weighted by Gasteiger charge is 2.06. The highest BCUT2D eigenvalue weighted by Crippen LogP contribution is 2.21. The van der Waals surface area contributed by atoms with Crippen LogP contribution in [0.2, 0.25) is 0 Å². The Morgan fingerprint density at radius 3 is 2.84 bits per heavy atom. The molecule has 0 saturated heterocycles. The number of hydrogen-bond donors (Lipinski definition) is 1. The van der Waals surface area contributed by atoms with E-state index < -0.39 is 4.92 Å². The van der Waals surface area contributed by atoms with Gasteiger partial charge in [-0.15, -0.1) is 0 Å². The van der Waals surface area contributed by atoms with Crippen LogP contribution in [0.4, 0.5) is 11.5 Å². The minimum absolute atomic E-state index is 0.0953. The fourth-order valence-corrected chi connectivity index (χ4v) is 1.92. The average Bonchev–Trinajstić information content (AvgIpc) is 2.43. The Hall–Kier alpha value is -2.17. The van der Waals surface area contributed by atoms with Gasteiger partial charge in [-0.3, -0.25) is 10.1 Å². The maximum atomic E-state index is 10.7. The first-order chi connectivity index (χ1) is 9.20. The molecular formula is C14H17N3O2. The van der Waals surface area contributed by atoms with Gasteiger partial charge in [-0.05, 0) is 24.6 Å². The number of benzene rings is 1. The van der Waals surface area contributed by atoms with Crippen LogP contribution in [0.15, 0.2) is 30.3 Å². The smallest absolute Gasteiger partial charge is 0.270 e. The number of nitro benzene ring substituents is 1. The predicted octanol–water partition coefficient (Wildman–Crippen LogP) is 3.75. The van der Waals surface area contributed by atoms with Crippen LogP contribution in [0.3, 0.4) is 0 Å². The molecule has 2 rings (SSSR count). The summed E-state index contributed by atoms with van der Waals surface area (Å²) in [7, 11) is 0. The van der Waals surface area contributed by atoms with Gasteiger partial charge in [-0.25, -0.2) is 4.98 Å². The molecule has 0 atom stereocenters. The highest BCUT2D eigenvalue weighted by molar-refractivity contribution is 5.82. The van der Waals surface area contributed by atoms with E-state index in [2.05, 4.69) is 17.2 Å². The fraction of sp³-hybridized carbons (Fsp3) is 0.357. The van der Waals surface area contributed by atoms with Crippen molar-refractivity contribution in [2.45, 2.75) is 26.2 Å². The van der Waals surface area contributed by atoms with E-state index in [4.69, 9.17) is 0 Å². The summed E-state index contributed by atoms with van der Waals surface area (Å²) >= 11 is 0. The first-order valence-corrected chi connectivity index (χ1v) is 6.50. The summed E-state index contributed by atoms with van der Waals surface area (Å²) in [6.07, 6.45) is 3.51. The van der Waals surface area contributed by atoms with Gasteiger partial charge in [-0.2, -0.15) is 0 Å². The van der Waals surface area contributed by atoms with Crippen molar-refractivity contribution in [3.63, 3.8) is 0 Å². The molecule has 0 aliphatic rings. The van der Waals surface area contributed by atoms with Crippen molar-refractivity contribution in [2.24, 2.45) is 0 Å². The normalized spacial score (nSPS) is 10.6. The zero-order valence-electron chi connectivity index (χ0n) is 10.9. The molecule has 19 heavy (non-hydrogen) atoms. The second-order valence-electron chi connectivity index (χ2n) is 4.46. The van der Waals surface area contributed by atoms with Gasteiger partial charge < -0.3 is 5.32 Å². The number of non-ortho nitro benzene ring substituents is 1. The van der Waals surface area contributed by atoms with Crippen molar-refractivity contribution in [1.29, 1.82) is 0 Å². The Bertz CT molecular complexity index is 584. The lowest BCUT2D eigenvalue weighted by Crippen LogP contribution is -2.03. The van der Waals surface area contributed by atoms with Gasteiger partial charge in [0.1, 0.15) is 5.82 Å². The summed E-state index contributed by atoms with van der Waals surface area (Å²) in [6, 6.07) is 8.43. The van der Waals surface area contributed by atoms with Crippen molar-refractivity contribution in [2.75, 3.05) is 11.9 Å². The van der Waals surface area contributed by atoms with Crippen LogP contribution >= 0.6 is 0 Å². The number of anilines is 1. The van der Waals surface area contributed by atoms with Crippen LogP contribution < -0.4 is 5.32 Å². The number of fused-ring (bicyclic) bond motifs is 1. The zero-order chi connectivity index (χ0) is 13.7. The first kappa shape index (κ1) is 13.3. The Labute approximate surface area is 111 Å². The van der Waals surface area contributed by atoms with Gasteiger partial charge >= 0.3 is 0 Å². The maximum Gasteiger partial charge on any atom is 0.270 e. The zero-order valence-corrected chi connectivity index (χ0v) is 10.9. The quantitative estimate of drug-likeness (QED) is 0.487. The molecule has 0 bridgehead atoms. The molecule has 0 radical (unpaired) electrons. The lowest BCUT2D eigenvalue weighted by atomic mass is 10.2. The van der Waals surface area contributed by atoms with Crippen molar-refractivity contribution in [3.8, 4) is 0 Å². The number of pyridine rings is 1. The number of rotatable bonds is 6. The summed E-state index contributed by atoms with van der Waals surface area (Å²) < 4.78 is 0. The lowest BCUT2D eigenvalue weighted by molar-refractivity contribution is -0.384. The molecule has 1 aromatic heterocycles. The minimum Gasteiger partial charge on any atom is -0.370 e. The van der Waals surface area contributed by atoms with E-state index in [1.165, 1.54) is 18.9 Å². The van der Waals surface area contributed by atoms with Crippen LogP contribution in [0.25, 0.3) is 10.9 Å². The van der Waals surface area contributed by atoms with E-state index in [0.717, 1.165) is 29.7 Å². The predicted molar refractivity (Wildman–Crippen MR) is 76.4 cm³/mol. The molecule has 0 aliphatic carbocycles. The van der Waals surface area contributed by atoms with Crippen molar-refractivity contribution in [1.82, 2.24) is 4.98 Å². The molecule has 0 aliphatic heterocycles. The summed E-state index contributed by atoms with van der Waals surface area (Å²) in [5, 5.41) is 14.7. The molecule has 1 aromatic carbocycles. The van der Waals surface area contributed by atoms with Gasteiger partial charge in [-0.1, -0.05) is 19.8 Å². The van der Waals surface area contributed by atoms with E-state index >= 15 is 0 Å². The number of aromatic nitrogens is 1. The average molecular weight is 259 g/mol. The molecule has 1 N–H and O–H groups in total. The Balaban J connectivity index is 2.12. The van der Waals surface area contributed by atoms with Crippen LogP contribution in [0, 0.1) is 10.1 Å². The number of unbranched alkanes of at least 4 members (excludes halogenated alkanes) is 2. The van der Waals surface area contributed by atoms with Gasteiger partial charge in [0.2, 0.25) is 0 Å². The Morgan fingerprint density at radius 1 is 1.26 bits per heavy atom. The fourth-order valence-electron chi connectivity index (χ4n) is 1.92. The first-order valence-electron chi connectivity index (χ1n) is 6.50. The molecule has 5 heteroatoms. The third-order valence-electron chi connectivity index (χ3n) is 2.97. The van der Waals surface area contributed by atoms with E-state index in [1.807, 2.05) is 12.1 Å². The Morgan fingerprint density at radius 2 is 2.11 bits per heavy atom. The van der Waals surface area contributed by atoms with Gasteiger partial charge in [0.15, 0.2) is 0 Å². The second-order valence-corrected chi connectivity index (χ2v) is 4.46. The summed E-state index contributed by atoms with van der Waals surface area (Å²) in [5.41, 5.74) is 0.865. The number of nitrogens with zero attached hydrogens (tertiary/aromatic N) is 2. The maximum absolute atomic E-state index is 10.7. The molecule has 100 valence electrons. The van der Waals surface area contributed by atoms with Crippen LogP contribution in [0.5, 0.6) is 0 Å². The molecule has 0 amide bonds. The van der Waals surface area contributed by atoms with Gasteiger partial charge in [0.25, 0.3) is 5.69 Å². The molecular weight excluding hydrogens is 242 g/mol. The molecule has 0 unspecified atom stereocenters. The van der Waals surface area contributed by atoms with Crippen molar-refractivity contribution in [3.05, 3.63) is 40.4 Å². The molecule has 0 spiro atoms. The van der Waals surface area contributed by atoms with E-state index in [9.17, 15) is 10.1 Å². The molecule has 0 fully saturated rings. The molecule has 2 aromatic rings. The monoisotopic (exact) mass is 259 g/mol. The van der Waals surface area contributed by atoms with Crippen molar-refractivity contribution < 1.29 is 4.92 Å². The number of nitro groups is 1. The molecule has 0 saturated carbocycles. The topological polar surface area (TPSA) is 68.1 Å². The SMILES string of the molecule is CCCCCNc1ccc2cc([N+](=O)[O-])ccc2n1. The third-order valence-corrected chi connectivity index (χ3v) is 2.97. The summed E-state index contributed by atoms with van der Waals surface area (Å²) in [5.74, 6) is 0.817. The van der Waals surface area contributed by atoms with Crippen molar-refractivity contribution >= 4 is 22.4 Å². The summed E-state index contributed by atoms with van der Waals surface area (Å²) in [4.78, 5) is 14.7. The number of hydrogen-bond acceptors (Lipinski definition) is 4. The standard InChI is InChI=1S/C14H17N3O2/c1-2-3-4-9-15-14-8-5-11-10-12(17(18)19)6-7-13(11)16-14/h5-8,10H,2-4,9H2,1H3,(H,15,16). The largest absolute Gasteiger partial charge is 0.370 e. The number of nitrogens with one attached hydrogen (secondary N) is 1. The van der Waals surface area contributed by atoms with Gasteiger partial charge in [0, 0.05) is 24.1 Å². The van der Waals surface area contributed by atoms with Crippen LogP contribution in [0.1, 0.15) is 26.2 Å². The lowest BCUT2D eigenvalue weighted by Gasteiger charge is -2.06. The minimum atomic E-state index is -0.393. The Kier molecular flexibility index (Phi) is 4.28. The van der Waals surface area contributed by atoms with Crippen LogP contribution in [-0.4, -0.2) is 16.5 Å². The summed E-state index contributed by atoms with van der Waals surface area (Å²) in [6.45, 7) is 3.07. The second kappa shape index (κ2) is 6.13.